The van der Waals surface area contributed by atoms with Crippen molar-refractivity contribution in [2.75, 3.05) is 6.61 Å². The summed E-state index contributed by atoms with van der Waals surface area (Å²) in [4.78, 5) is 21.0. The van der Waals surface area contributed by atoms with Gasteiger partial charge in [0.2, 0.25) is 5.91 Å². The molecule has 16 heavy (non-hydrogen) atoms. The minimum absolute atomic E-state index is 0.0133. The molecule has 4 nitrogen and oxygen atoms in total. The molecule has 3 N–H and O–H groups in total. The molecule has 0 saturated carbocycles. The van der Waals surface area contributed by atoms with E-state index in [1.54, 1.807) is 0 Å². The zero-order chi connectivity index (χ0) is 13.1. The highest BCUT2D eigenvalue weighted by molar-refractivity contribution is 5.85. The summed E-state index contributed by atoms with van der Waals surface area (Å²) in [6.45, 7) is 8.14. The Labute approximate surface area is 98.2 Å². The quantitative estimate of drug-likeness (QED) is 0.727. The second kappa shape index (κ2) is 10.6. The Morgan fingerprint density at radius 2 is 1.62 bits per heavy atom. The summed E-state index contributed by atoms with van der Waals surface area (Å²) >= 11 is 0. The van der Waals surface area contributed by atoms with Crippen molar-refractivity contribution in [3.05, 3.63) is 0 Å². The zero-order valence-electron chi connectivity index (χ0n) is 10.8. The van der Waals surface area contributed by atoms with Crippen molar-refractivity contribution in [1.29, 1.82) is 0 Å². The van der Waals surface area contributed by atoms with E-state index in [1.165, 1.54) is 0 Å². The molecule has 0 radical (unpaired) electrons. The van der Waals surface area contributed by atoms with E-state index in [2.05, 4.69) is 13.8 Å². The Bertz CT molecular complexity index is 200. The van der Waals surface area contributed by atoms with Crippen LogP contribution in [0.3, 0.4) is 0 Å². The van der Waals surface area contributed by atoms with Crippen molar-refractivity contribution in [2.45, 2.75) is 47.0 Å². The number of carbonyl (C=O) groups excluding carboxylic acids is 2. The lowest BCUT2D eigenvalue weighted by Crippen LogP contribution is -2.14. The second-order valence-electron chi connectivity index (χ2n) is 4.49. The molecule has 0 aromatic heterocycles. The maximum absolute atomic E-state index is 10.8. The molecule has 0 aliphatic heterocycles. The highest BCUT2D eigenvalue weighted by Crippen LogP contribution is 2.00. The first-order valence-electron chi connectivity index (χ1n) is 5.73. The Morgan fingerprint density at radius 3 is 1.81 bits per heavy atom. The third kappa shape index (κ3) is 15.6. The van der Waals surface area contributed by atoms with E-state index >= 15 is 0 Å². The molecule has 0 unspecified atom stereocenters. The van der Waals surface area contributed by atoms with E-state index in [0.717, 1.165) is 6.42 Å². The standard InChI is InChI=1S/C7H13NO2.C5H12O/c1-5(2)6(9)3-4-7(8)10;1-5(2)3-4-6/h5H,3-4H2,1-2H3,(H2,8,10);5-6H,3-4H2,1-2H3. The molecule has 0 aliphatic rings. The van der Waals surface area contributed by atoms with Gasteiger partial charge in [0.05, 0.1) is 0 Å². The first-order chi connectivity index (χ1) is 7.31. The van der Waals surface area contributed by atoms with Crippen LogP contribution in [-0.4, -0.2) is 23.4 Å². The first-order valence-corrected chi connectivity index (χ1v) is 5.73. The number of aliphatic hydroxyl groups excluding tert-OH is 1. The minimum atomic E-state index is -0.408. The minimum Gasteiger partial charge on any atom is -0.396 e. The van der Waals surface area contributed by atoms with Crippen molar-refractivity contribution in [3.63, 3.8) is 0 Å². The number of hydrogen-bond acceptors (Lipinski definition) is 3. The molecular formula is C12H25NO3. The molecule has 0 aromatic rings. The van der Waals surface area contributed by atoms with Crippen LogP contribution in [0.1, 0.15) is 47.0 Å². The van der Waals surface area contributed by atoms with Gasteiger partial charge in [0.25, 0.3) is 0 Å². The molecule has 0 aliphatic carbocycles. The summed E-state index contributed by atoms with van der Waals surface area (Å²) in [5.41, 5.74) is 4.85. The maximum atomic E-state index is 10.8. The Hall–Kier alpha value is -0.900. The number of primary amides is 1. The molecule has 0 saturated heterocycles. The fourth-order valence-electron chi connectivity index (χ4n) is 0.793. The third-order valence-corrected chi connectivity index (χ3v) is 1.97. The predicted molar refractivity (Wildman–Crippen MR) is 64.8 cm³/mol. The topological polar surface area (TPSA) is 80.4 Å². The SMILES string of the molecule is CC(C)C(=O)CCC(N)=O.CC(C)CCO. The summed E-state index contributed by atoms with van der Waals surface area (Å²) in [6, 6.07) is 0. The van der Waals surface area contributed by atoms with Crippen molar-refractivity contribution in [1.82, 2.24) is 0 Å². The van der Waals surface area contributed by atoms with E-state index < -0.39 is 5.91 Å². The summed E-state index contributed by atoms with van der Waals surface area (Å²) in [6.07, 6.45) is 1.39. The van der Waals surface area contributed by atoms with Gasteiger partial charge in [-0.15, -0.1) is 0 Å². The van der Waals surface area contributed by atoms with E-state index in [4.69, 9.17) is 10.8 Å². The van der Waals surface area contributed by atoms with Gasteiger partial charge < -0.3 is 10.8 Å². The molecule has 0 heterocycles. The number of carbonyl (C=O) groups is 2. The van der Waals surface area contributed by atoms with Crippen molar-refractivity contribution >= 4 is 11.7 Å². The molecule has 96 valence electrons. The van der Waals surface area contributed by atoms with Gasteiger partial charge in [0.15, 0.2) is 0 Å². The van der Waals surface area contributed by atoms with E-state index in [0.29, 0.717) is 12.5 Å². The Balaban J connectivity index is 0. The number of hydrogen-bond donors (Lipinski definition) is 2. The van der Waals surface area contributed by atoms with Gasteiger partial charge in [-0.2, -0.15) is 0 Å². The highest BCUT2D eigenvalue weighted by Gasteiger charge is 2.07. The van der Waals surface area contributed by atoms with Crippen LogP contribution in [0.5, 0.6) is 0 Å². The van der Waals surface area contributed by atoms with Gasteiger partial charge in [-0.25, -0.2) is 0 Å². The van der Waals surface area contributed by atoms with Crippen LogP contribution >= 0.6 is 0 Å². The first kappa shape index (κ1) is 17.5. The lowest BCUT2D eigenvalue weighted by molar-refractivity contribution is -0.125. The molecule has 0 fully saturated rings. The van der Waals surface area contributed by atoms with Gasteiger partial charge in [-0.05, 0) is 12.3 Å². The number of rotatable bonds is 6. The van der Waals surface area contributed by atoms with Gasteiger partial charge in [0, 0.05) is 25.4 Å². The molecule has 1 amide bonds. The summed E-state index contributed by atoms with van der Waals surface area (Å²) in [5.74, 6) is 0.349. The van der Waals surface area contributed by atoms with Crippen LogP contribution in [0.15, 0.2) is 0 Å². The fraction of sp³-hybridized carbons (Fsp3) is 0.833. The third-order valence-electron chi connectivity index (χ3n) is 1.97. The summed E-state index contributed by atoms with van der Waals surface area (Å²) in [5, 5.41) is 8.24. The molecule has 0 rings (SSSR count). The molecule has 0 atom stereocenters. The lowest BCUT2D eigenvalue weighted by atomic mass is 10.0. The van der Waals surface area contributed by atoms with Gasteiger partial charge in [-0.3, -0.25) is 9.59 Å². The monoisotopic (exact) mass is 231 g/mol. The maximum Gasteiger partial charge on any atom is 0.217 e. The molecule has 4 heteroatoms. The van der Waals surface area contributed by atoms with E-state index in [9.17, 15) is 9.59 Å². The van der Waals surface area contributed by atoms with Crippen LogP contribution in [0.4, 0.5) is 0 Å². The number of amides is 1. The summed E-state index contributed by atoms with van der Waals surface area (Å²) in [7, 11) is 0. The number of nitrogens with two attached hydrogens (primary N) is 1. The Kier molecular flexibility index (Phi) is 11.6. The fourth-order valence-corrected chi connectivity index (χ4v) is 0.793. The zero-order valence-corrected chi connectivity index (χ0v) is 10.8. The van der Waals surface area contributed by atoms with Crippen LogP contribution in [0.2, 0.25) is 0 Å². The van der Waals surface area contributed by atoms with E-state index in [-0.39, 0.29) is 24.5 Å². The molecule has 0 aromatic carbocycles. The van der Waals surface area contributed by atoms with Crippen molar-refractivity contribution in [2.24, 2.45) is 17.6 Å². The number of aliphatic hydroxyl groups is 1. The average molecular weight is 231 g/mol. The van der Waals surface area contributed by atoms with Gasteiger partial charge in [0.1, 0.15) is 5.78 Å². The highest BCUT2D eigenvalue weighted by atomic mass is 16.3. The lowest BCUT2D eigenvalue weighted by Gasteiger charge is -2.00. The second-order valence-corrected chi connectivity index (χ2v) is 4.49. The van der Waals surface area contributed by atoms with Gasteiger partial charge >= 0.3 is 0 Å². The molecule has 0 bridgehead atoms. The normalized spacial score (nSPS) is 9.94. The summed E-state index contributed by atoms with van der Waals surface area (Å²) < 4.78 is 0. The Morgan fingerprint density at radius 1 is 1.12 bits per heavy atom. The molecule has 0 spiro atoms. The number of ketones is 1. The van der Waals surface area contributed by atoms with Gasteiger partial charge in [-0.1, -0.05) is 27.7 Å². The smallest absolute Gasteiger partial charge is 0.217 e. The number of Topliss-reactive ketones (excluding diaryl/α,β-unsaturated/α-hetero) is 1. The molecular weight excluding hydrogens is 206 g/mol. The van der Waals surface area contributed by atoms with Crippen LogP contribution in [0, 0.1) is 11.8 Å². The van der Waals surface area contributed by atoms with Crippen molar-refractivity contribution in [3.8, 4) is 0 Å². The van der Waals surface area contributed by atoms with Crippen LogP contribution < -0.4 is 5.73 Å². The average Bonchev–Trinajstić information content (AvgIpc) is 2.14. The predicted octanol–water partition coefficient (Wildman–Crippen LogP) is 1.50. The van der Waals surface area contributed by atoms with Crippen LogP contribution in [-0.2, 0) is 9.59 Å². The van der Waals surface area contributed by atoms with Crippen LogP contribution in [0.25, 0.3) is 0 Å². The van der Waals surface area contributed by atoms with E-state index in [1.807, 2.05) is 13.8 Å². The van der Waals surface area contributed by atoms with Crippen molar-refractivity contribution < 1.29 is 14.7 Å². The largest absolute Gasteiger partial charge is 0.396 e.